The average Bonchev–Trinajstić information content (AvgIpc) is 2.31. The third-order valence-electron chi connectivity index (χ3n) is 1.41. The molecule has 0 bridgehead atoms. The van der Waals surface area contributed by atoms with Crippen molar-refractivity contribution in [3.63, 3.8) is 0 Å². The van der Waals surface area contributed by atoms with Gasteiger partial charge < -0.3 is 17.2 Å². The SMILES string of the molecule is CCN.CCN.NCc1ccc(CCl)cc1. The fourth-order valence-electron chi connectivity index (χ4n) is 0.764. The molecule has 0 unspecified atom stereocenters. The van der Waals surface area contributed by atoms with Crippen molar-refractivity contribution in [2.45, 2.75) is 26.3 Å². The zero-order valence-corrected chi connectivity index (χ0v) is 11.0. The summed E-state index contributed by atoms with van der Waals surface area (Å²) in [7, 11) is 0. The smallest absolute Gasteiger partial charge is 0.0474 e. The van der Waals surface area contributed by atoms with Crippen molar-refractivity contribution in [2.75, 3.05) is 13.1 Å². The highest BCUT2D eigenvalue weighted by atomic mass is 35.5. The molecular formula is C12H24ClN3. The van der Waals surface area contributed by atoms with Crippen molar-refractivity contribution < 1.29 is 0 Å². The summed E-state index contributed by atoms with van der Waals surface area (Å²) in [6.45, 7) is 5.91. The Kier molecular flexibility index (Phi) is 16.0. The van der Waals surface area contributed by atoms with E-state index < -0.39 is 0 Å². The minimum absolute atomic E-state index is 0.574. The van der Waals surface area contributed by atoms with Gasteiger partial charge in [-0.15, -0.1) is 11.6 Å². The molecule has 0 aliphatic carbocycles. The van der Waals surface area contributed by atoms with E-state index in [0.717, 1.165) is 24.2 Å². The molecule has 0 spiro atoms. The topological polar surface area (TPSA) is 78.1 Å². The first kappa shape index (κ1) is 17.8. The van der Waals surface area contributed by atoms with Gasteiger partial charge in [0.1, 0.15) is 0 Å². The maximum absolute atomic E-state index is 5.59. The molecule has 94 valence electrons. The van der Waals surface area contributed by atoms with E-state index in [-0.39, 0.29) is 0 Å². The lowest BCUT2D eigenvalue weighted by Gasteiger charge is -1.96. The molecule has 0 saturated heterocycles. The Morgan fingerprint density at radius 3 is 1.44 bits per heavy atom. The molecule has 0 radical (unpaired) electrons. The van der Waals surface area contributed by atoms with Crippen LogP contribution in [0.4, 0.5) is 0 Å². The largest absolute Gasteiger partial charge is 0.331 e. The van der Waals surface area contributed by atoms with E-state index in [2.05, 4.69) is 0 Å². The molecule has 4 heteroatoms. The van der Waals surface area contributed by atoms with Crippen molar-refractivity contribution in [3.05, 3.63) is 35.4 Å². The first-order valence-corrected chi connectivity index (χ1v) is 5.97. The standard InChI is InChI=1S/C8H10ClN.2C2H7N/c9-5-7-1-3-8(6-10)4-2-7;2*1-2-3/h1-4H,5-6,10H2;2*2-3H2,1H3. The summed E-state index contributed by atoms with van der Waals surface area (Å²) in [6.07, 6.45) is 0. The predicted molar refractivity (Wildman–Crippen MR) is 73.3 cm³/mol. The highest BCUT2D eigenvalue weighted by Crippen LogP contribution is 2.05. The van der Waals surface area contributed by atoms with Gasteiger partial charge in [0.25, 0.3) is 0 Å². The summed E-state index contributed by atoms with van der Waals surface area (Å²) < 4.78 is 0. The molecule has 1 rings (SSSR count). The number of hydrogen-bond donors (Lipinski definition) is 3. The van der Waals surface area contributed by atoms with Crippen LogP contribution < -0.4 is 17.2 Å². The number of rotatable bonds is 2. The van der Waals surface area contributed by atoms with Crippen LogP contribution in [0.2, 0.25) is 0 Å². The van der Waals surface area contributed by atoms with Crippen LogP contribution in [0.25, 0.3) is 0 Å². The monoisotopic (exact) mass is 245 g/mol. The number of nitrogens with two attached hydrogens (primary N) is 3. The van der Waals surface area contributed by atoms with Gasteiger partial charge >= 0.3 is 0 Å². The molecule has 6 N–H and O–H groups in total. The Morgan fingerprint density at radius 1 is 0.875 bits per heavy atom. The number of hydrogen-bond acceptors (Lipinski definition) is 3. The lowest BCUT2D eigenvalue weighted by atomic mass is 10.1. The Labute approximate surface area is 104 Å². The van der Waals surface area contributed by atoms with E-state index in [1.54, 1.807) is 0 Å². The Hall–Kier alpha value is -0.610. The van der Waals surface area contributed by atoms with E-state index in [9.17, 15) is 0 Å². The van der Waals surface area contributed by atoms with Crippen molar-refractivity contribution in [1.82, 2.24) is 0 Å². The van der Waals surface area contributed by atoms with E-state index >= 15 is 0 Å². The molecule has 0 atom stereocenters. The molecule has 0 aliphatic heterocycles. The molecule has 0 aromatic heterocycles. The van der Waals surface area contributed by atoms with Crippen LogP contribution in [-0.4, -0.2) is 13.1 Å². The summed E-state index contributed by atoms with van der Waals surface area (Å²) in [5.74, 6) is 0.574. The van der Waals surface area contributed by atoms with Crippen LogP contribution >= 0.6 is 11.6 Å². The second-order valence-corrected chi connectivity index (χ2v) is 3.24. The molecular weight excluding hydrogens is 222 g/mol. The van der Waals surface area contributed by atoms with Crippen molar-refractivity contribution in [1.29, 1.82) is 0 Å². The minimum atomic E-state index is 0.574. The van der Waals surface area contributed by atoms with Gasteiger partial charge in [-0.3, -0.25) is 0 Å². The summed E-state index contributed by atoms with van der Waals surface area (Å²) in [6, 6.07) is 7.99. The second kappa shape index (κ2) is 14.4. The summed E-state index contributed by atoms with van der Waals surface area (Å²) in [4.78, 5) is 0. The quantitative estimate of drug-likeness (QED) is 0.696. The van der Waals surface area contributed by atoms with Gasteiger partial charge in [-0.2, -0.15) is 0 Å². The fraction of sp³-hybridized carbons (Fsp3) is 0.500. The first-order chi connectivity index (χ1) is 7.69. The van der Waals surface area contributed by atoms with Crippen LogP contribution in [0.3, 0.4) is 0 Å². The zero-order chi connectivity index (χ0) is 12.8. The highest BCUT2D eigenvalue weighted by molar-refractivity contribution is 6.17. The molecule has 0 heterocycles. The van der Waals surface area contributed by atoms with Gasteiger partial charge in [0.05, 0.1) is 0 Å². The third-order valence-corrected chi connectivity index (χ3v) is 1.72. The Bertz CT molecular complexity index is 199. The Balaban J connectivity index is 0. The van der Waals surface area contributed by atoms with E-state index in [4.69, 9.17) is 28.8 Å². The van der Waals surface area contributed by atoms with Crippen molar-refractivity contribution >= 4 is 11.6 Å². The second-order valence-electron chi connectivity index (χ2n) is 2.97. The van der Waals surface area contributed by atoms with Gasteiger partial charge in [0.15, 0.2) is 0 Å². The van der Waals surface area contributed by atoms with Crippen LogP contribution in [0, 0.1) is 0 Å². The zero-order valence-electron chi connectivity index (χ0n) is 10.2. The molecule has 1 aromatic carbocycles. The van der Waals surface area contributed by atoms with Crippen molar-refractivity contribution in [3.8, 4) is 0 Å². The van der Waals surface area contributed by atoms with Crippen molar-refractivity contribution in [2.24, 2.45) is 17.2 Å². The molecule has 0 fully saturated rings. The summed E-state index contributed by atoms with van der Waals surface area (Å²) >= 11 is 5.59. The number of halogens is 1. The van der Waals surface area contributed by atoms with Crippen LogP contribution in [0.15, 0.2) is 24.3 Å². The highest BCUT2D eigenvalue weighted by Gasteiger charge is 1.89. The molecule has 1 aromatic rings. The van der Waals surface area contributed by atoms with Crippen LogP contribution in [0.5, 0.6) is 0 Å². The van der Waals surface area contributed by atoms with Crippen LogP contribution in [0.1, 0.15) is 25.0 Å². The minimum Gasteiger partial charge on any atom is -0.331 e. The maximum Gasteiger partial charge on any atom is 0.0474 e. The first-order valence-electron chi connectivity index (χ1n) is 5.43. The molecule has 0 amide bonds. The molecule has 0 saturated carbocycles. The van der Waals surface area contributed by atoms with E-state index in [0.29, 0.717) is 12.4 Å². The maximum atomic E-state index is 5.59. The predicted octanol–water partition coefficient (Wildman–Crippen LogP) is 1.81. The van der Waals surface area contributed by atoms with Gasteiger partial charge in [-0.1, -0.05) is 38.1 Å². The van der Waals surface area contributed by atoms with E-state index in [1.807, 2.05) is 38.1 Å². The fourth-order valence-corrected chi connectivity index (χ4v) is 0.943. The number of benzene rings is 1. The lowest BCUT2D eigenvalue weighted by molar-refractivity contribution is 1.07. The lowest BCUT2D eigenvalue weighted by Crippen LogP contribution is -1.95. The number of alkyl halides is 1. The van der Waals surface area contributed by atoms with Gasteiger partial charge in [0, 0.05) is 12.4 Å². The van der Waals surface area contributed by atoms with Gasteiger partial charge in [0.2, 0.25) is 0 Å². The molecule has 0 aliphatic rings. The van der Waals surface area contributed by atoms with E-state index in [1.165, 1.54) is 0 Å². The Morgan fingerprint density at radius 2 is 1.19 bits per heavy atom. The van der Waals surface area contributed by atoms with Gasteiger partial charge in [-0.25, -0.2) is 0 Å². The third kappa shape index (κ3) is 11.5. The average molecular weight is 246 g/mol. The van der Waals surface area contributed by atoms with Gasteiger partial charge in [-0.05, 0) is 24.2 Å². The molecule has 16 heavy (non-hydrogen) atoms. The summed E-state index contributed by atoms with van der Waals surface area (Å²) in [5.41, 5.74) is 17.4. The normalized spacial score (nSPS) is 8.38. The summed E-state index contributed by atoms with van der Waals surface area (Å²) in [5, 5.41) is 0. The molecule has 3 nitrogen and oxygen atoms in total. The van der Waals surface area contributed by atoms with Crippen LogP contribution in [-0.2, 0) is 12.4 Å².